The molecule has 0 bridgehead atoms. The summed E-state index contributed by atoms with van der Waals surface area (Å²) >= 11 is 3.43. The van der Waals surface area contributed by atoms with Crippen molar-refractivity contribution in [3.8, 4) is 0 Å². The van der Waals surface area contributed by atoms with E-state index in [0.29, 0.717) is 23.2 Å². The van der Waals surface area contributed by atoms with E-state index in [9.17, 15) is 20.2 Å². The summed E-state index contributed by atoms with van der Waals surface area (Å²) < 4.78 is 0.737. The van der Waals surface area contributed by atoms with Crippen molar-refractivity contribution < 1.29 is 9.85 Å². The van der Waals surface area contributed by atoms with Crippen LogP contribution in [0.3, 0.4) is 0 Å². The van der Waals surface area contributed by atoms with Crippen LogP contribution in [-0.2, 0) is 25.7 Å². The standard InChI is InChI=1S/C12H12BrNO2.C12H14N2O2/c2*13-11-10(7-4-5-7)6-8-2-1-3-9(8)12(11)14(15)16/h6-7H,1-5H2;6-7H,1-5,13H2. The van der Waals surface area contributed by atoms with Gasteiger partial charge < -0.3 is 5.73 Å². The van der Waals surface area contributed by atoms with Gasteiger partial charge in [-0.25, -0.2) is 0 Å². The van der Waals surface area contributed by atoms with Crippen LogP contribution < -0.4 is 5.73 Å². The van der Waals surface area contributed by atoms with E-state index < -0.39 is 0 Å². The molecular formula is C24H26BrN3O4. The van der Waals surface area contributed by atoms with Gasteiger partial charge in [0.2, 0.25) is 0 Å². The summed E-state index contributed by atoms with van der Waals surface area (Å²) in [6, 6.07) is 4.30. The molecule has 2 fully saturated rings. The van der Waals surface area contributed by atoms with Crippen molar-refractivity contribution in [2.24, 2.45) is 0 Å². The first-order valence-electron chi connectivity index (χ1n) is 11.4. The summed E-state index contributed by atoms with van der Waals surface area (Å²) in [6.45, 7) is 0. The van der Waals surface area contributed by atoms with E-state index in [1.807, 2.05) is 0 Å². The first-order chi connectivity index (χ1) is 15.4. The van der Waals surface area contributed by atoms with Crippen molar-refractivity contribution in [3.63, 3.8) is 0 Å². The minimum absolute atomic E-state index is 0.192. The Hall–Kier alpha value is -2.48. The monoisotopic (exact) mass is 499 g/mol. The molecule has 0 saturated heterocycles. The molecule has 0 unspecified atom stereocenters. The summed E-state index contributed by atoms with van der Waals surface area (Å²) in [5.74, 6) is 1.03. The quantitative estimate of drug-likeness (QED) is 0.302. The molecule has 0 atom stereocenters. The molecule has 7 nitrogen and oxygen atoms in total. The second kappa shape index (κ2) is 8.14. The van der Waals surface area contributed by atoms with E-state index in [1.165, 1.54) is 18.4 Å². The SMILES string of the molecule is Nc1c(C2CC2)cc2c(c1[N+](=O)[O-])CCC2.O=[N+]([O-])c1c(Br)c(C2CC2)cc2c1CCC2. The Labute approximate surface area is 194 Å². The van der Waals surface area contributed by atoms with Crippen LogP contribution >= 0.6 is 15.9 Å². The molecule has 2 aromatic rings. The van der Waals surface area contributed by atoms with E-state index >= 15 is 0 Å². The summed E-state index contributed by atoms with van der Waals surface area (Å²) in [6.07, 6.45) is 10.3. The molecule has 4 aliphatic rings. The van der Waals surface area contributed by atoms with Crippen molar-refractivity contribution in [1.82, 2.24) is 0 Å². The van der Waals surface area contributed by atoms with Crippen molar-refractivity contribution in [2.45, 2.75) is 76.0 Å². The third-order valence-electron chi connectivity index (χ3n) is 7.18. The molecular weight excluding hydrogens is 474 g/mol. The van der Waals surface area contributed by atoms with Crippen molar-refractivity contribution in [1.29, 1.82) is 0 Å². The maximum Gasteiger partial charge on any atom is 0.295 e. The number of hydrogen-bond donors (Lipinski definition) is 1. The van der Waals surface area contributed by atoms with Gasteiger partial charge in [-0.15, -0.1) is 0 Å². The smallest absolute Gasteiger partial charge is 0.295 e. The van der Waals surface area contributed by atoms with Crippen LogP contribution in [0, 0.1) is 20.2 Å². The highest BCUT2D eigenvalue weighted by Crippen LogP contribution is 2.49. The van der Waals surface area contributed by atoms with Crippen LogP contribution in [0.4, 0.5) is 17.1 Å². The van der Waals surface area contributed by atoms with Gasteiger partial charge in [0.25, 0.3) is 11.4 Å². The van der Waals surface area contributed by atoms with Crippen LogP contribution in [0.15, 0.2) is 16.6 Å². The van der Waals surface area contributed by atoms with Gasteiger partial charge in [-0.3, -0.25) is 20.2 Å². The number of aryl methyl sites for hydroxylation is 2. The normalized spacial score (nSPS) is 18.5. The molecule has 2 saturated carbocycles. The molecule has 32 heavy (non-hydrogen) atoms. The highest BCUT2D eigenvalue weighted by atomic mass is 79.9. The van der Waals surface area contributed by atoms with E-state index in [4.69, 9.17) is 5.73 Å². The molecule has 168 valence electrons. The molecule has 2 aromatic carbocycles. The number of rotatable bonds is 4. The lowest BCUT2D eigenvalue weighted by molar-refractivity contribution is -0.386. The Balaban J connectivity index is 0.000000135. The zero-order valence-electron chi connectivity index (χ0n) is 17.9. The fraction of sp³-hybridized carbons (Fsp3) is 0.500. The number of benzene rings is 2. The van der Waals surface area contributed by atoms with Crippen LogP contribution in [-0.4, -0.2) is 9.85 Å². The highest BCUT2D eigenvalue weighted by molar-refractivity contribution is 9.10. The number of fused-ring (bicyclic) bond motifs is 2. The van der Waals surface area contributed by atoms with Gasteiger partial charge >= 0.3 is 0 Å². The van der Waals surface area contributed by atoms with Crippen LogP contribution in [0.25, 0.3) is 0 Å². The van der Waals surface area contributed by atoms with E-state index in [-0.39, 0.29) is 15.5 Å². The third-order valence-corrected chi connectivity index (χ3v) is 8.01. The summed E-state index contributed by atoms with van der Waals surface area (Å²) in [5, 5.41) is 22.3. The number of nitrogens with two attached hydrogens (primary N) is 1. The maximum absolute atomic E-state index is 11.2. The minimum atomic E-state index is -0.300. The summed E-state index contributed by atoms with van der Waals surface area (Å²) in [4.78, 5) is 21.7. The number of hydrogen-bond acceptors (Lipinski definition) is 5. The molecule has 0 heterocycles. The van der Waals surface area contributed by atoms with E-state index in [1.54, 1.807) is 0 Å². The number of nitrogens with zero attached hydrogens (tertiary/aromatic N) is 2. The molecule has 0 radical (unpaired) electrons. The summed E-state index contributed by atoms with van der Waals surface area (Å²) in [7, 11) is 0. The molecule has 0 spiro atoms. The first-order valence-corrected chi connectivity index (χ1v) is 12.2. The molecule has 0 aromatic heterocycles. The second-order valence-electron chi connectivity index (χ2n) is 9.40. The van der Waals surface area contributed by atoms with Crippen LogP contribution in [0.1, 0.15) is 83.7 Å². The third kappa shape index (κ3) is 3.78. The Morgan fingerprint density at radius 3 is 1.75 bits per heavy atom. The van der Waals surface area contributed by atoms with Gasteiger partial charge in [-0.05, 0) is 114 Å². The molecule has 8 heteroatoms. The fourth-order valence-corrected chi connectivity index (χ4v) is 6.12. The lowest BCUT2D eigenvalue weighted by Gasteiger charge is -2.09. The first kappa shape index (κ1) is 21.4. The topological polar surface area (TPSA) is 112 Å². The minimum Gasteiger partial charge on any atom is -0.393 e. The maximum atomic E-state index is 11.2. The van der Waals surface area contributed by atoms with Crippen LogP contribution in [0.2, 0.25) is 0 Å². The van der Waals surface area contributed by atoms with Gasteiger partial charge in [0, 0.05) is 11.1 Å². The lowest BCUT2D eigenvalue weighted by atomic mass is 9.99. The molecule has 2 N–H and O–H groups in total. The predicted octanol–water partition coefficient (Wildman–Crippen LogP) is 6.27. The number of halogens is 1. The zero-order valence-corrected chi connectivity index (χ0v) is 19.4. The number of nitro groups is 2. The van der Waals surface area contributed by atoms with Crippen molar-refractivity contribution >= 4 is 33.0 Å². The van der Waals surface area contributed by atoms with Gasteiger partial charge in [-0.2, -0.15) is 0 Å². The molecule has 0 aliphatic heterocycles. The average Bonchev–Trinajstić information content (AvgIpc) is 3.67. The van der Waals surface area contributed by atoms with Gasteiger partial charge in [0.05, 0.1) is 14.3 Å². The zero-order chi connectivity index (χ0) is 22.6. The fourth-order valence-electron chi connectivity index (χ4n) is 5.30. The molecule has 4 aliphatic carbocycles. The Morgan fingerprint density at radius 2 is 1.25 bits per heavy atom. The number of nitro benzene ring substituents is 2. The van der Waals surface area contributed by atoms with Crippen molar-refractivity contribution in [3.05, 3.63) is 70.2 Å². The number of nitrogen functional groups attached to an aromatic ring is 1. The predicted molar refractivity (Wildman–Crippen MR) is 126 cm³/mol. The Morgan fingerprint density at radius 1 is 0.781 bits per heavy atom. The largest absolute Gasteiger partial charge is 0.393 e. The molecule has 0 amide bonds. The highest BCUT2D eigenvalue weighted by Gasteiger charge is 2.35. The van der Waals surface area contributed by atoms with Gasteiger partial charge in [-0.1, -0.05) is 12.1 Å². The second-order valence-corrected chi connectivity index (χ2v) is 10.2. The number of anilines is 1. The van der Waals surface area contributed by atoms with Crippen LogP contribution in [0.5, 0.6) is 0 Å². The van der Waals surface area contributed by atoms with E-state index in [0.717, 1.165) is 83.7 Å². The summed E-state index contributed by atoms with van der Waals surface area (Å²) in [5.41, 5.74) is 13.3. The Kier molecular flexibility index (Phi) is 5.43. The van der Waals surface area contributed by atoms with Gasteiger partial charge in [0.1, 0.15) is 5.69 Å². The molecule has 6 rings (SSSR count). The van der Waals surface area contributed by atoms with E-state index in [2.05, 4.69) is 28.1 Å². The van der Waals surface area contributed by atoms with Crippen molar-refractivity contribution in [2.75, 3.05) is 5.73 Å². The average molecular weight is 500 g/mol. The lowest BCUT2D eigenvalue weighted by Crippen LogP contribution is -2.04. The Bertz CT molecular complexity index is 1050. The van der Waals surface area contributed by atoms with Gasteiger partial charge in [0.15, 0.2) is 0 Å².